The van der Waals surface area contributed by atoms with E-state index in [0.29, 0.717) is 5.92 Å². The molecule has 0 saturated carbocycles. The van der Waals surface area contributed by atoms with Crippen LogP contribution >= 0.6 is 0 Å². The van der Waals surface area contributed by atoms with Crippen LogP contribution in [0.1, 0.15) is 19.4 Å². The summed E-state index contributed by atoms with van der Waals surface area (Å²) < 4.78 is 0. The number of hydrogen-bond donors (Lipinski definition) is 1. The van der Waals surface area contributed by atoms with Crippen molar-refractivity contribution in [2.24, 2.45) is 5.92 Å². The third-order valence-electron chi connectivity index (χ3n) is 2.60. The highest BCUT2D eigenvalue weighted by atomic mass is 14.9. The second-order valence-electron chi connectivity index (χ2n) is 4.51. The van der Waals surface area contributed by atoms with E-state index in [4.69, 9.17) is 0 Å². The Bertz CT molecular complexity index is 458. The fourth-order valence-electron chi connectivity index (χ4n) is 1.82. The van der Waals surface area contributed by atoms with Crippen molar-refractivity contribution in [1.29, 1.82) is 0 Å². The number of rotatable bonds is 4. The van der Waals surface area contributed by atoms with E-state index in [1.807, 2.05) is 12.3 Å². The van der Waals surface area contributed by atoms with E-state index < -0.39 is 0 Å². The van der Waals surface area contributed by atoms with Gasteiger partial charge in [0, 0.05) is 18.1 Å². The van der Waals surface area contributed by atoms with Crippen LogP contribution in [0.2, 0.25) is 0 Å². The lowest BCUT2D eigenvalue weighted by molar-refractivity contribution is 0.553. The molecule has 84 valence electrons. The summed E-state index contributed by atoms with van der Waals surface area (Å²) in [5.74, 6) is 0.688. The monoisotopic (exact) mass is 214 g/mol. The van der Waals surface area contributed by atoms with Gasteiger partial charge < -0.3 is 5.32 Å². The highest BCUT2D eigenvalue weighted by Crippen LogP contribution is 2.15. The summed E-state index contributed by atoms with van der Waals surface area (Å²) in [6.45, 7) is 6.41. The zero-order valence-corrected chi connectivity index (χ0v) is 9.90. The maximum absolute atomic E-state index is 4.36. The Kier molecular flexibility index (Phi) is 3.52. The standard InChI is InChI=1S/C14H18N2/c1-11(2)9-15-10-12-5-3-7-14-13(12)6-4-8-16-14/h3-8,11,15H,9-10H2,1-2H3. The molecule has 1 heterocycles. The van der Waals surface area contributed by atoms with Crippen molar-refractivity contribution in [3.8, 4) is 0 Å². The lowest BCUT2D eigenvalue weighted by Gasteiger charge is -2.09. The molecule has 0 fully saturated rings. The first kappa shape index (κ1) is 11.1. The van der Waals surface area contributed by atoms with Gasteiger partial charge >= 0.3 is 0 Å². The third-order valence-corrected chi connectivity index (χ3v) is 2.60. The average molecular weight is 214 g/mol. The molecule has 0 aliphatic carbocycles. The molecular weight excluding hydrogens is 196 g/mol. The summed E-state index contributed by atoms with van der Waals surface area (Å²) in [5.41, 5.74) is 2.40. The lowest BCUT2D eigenvalue weighted by Crippen LogP contribution is -2.19. The minimum absolute atomic E-state index is 0.688. The molecule has 0 saturated heterocycles. The van der Waals surface area contributed by atoms with E-state index in [1.165, 1.54) is 10.9 Å². The third kappa shape index (κ3) is 2.58. The summed E-state index contributed by atoms with van der Waals surface area (Å²) in [6.07, 6.45) is 1.84. The van der Waals surface area contributed by atoms with Crippen LogP contribution in [0.25, 0.3) is 10.9 Å². The van der Waals surface area contributed by atoms with Crippen LogP contribution in [0.3, 0.4) is 0 Å². The Hall–Kier alpha value is -1.41. The Morgan fingerprint density at radius 3 is 2.88 bits per heavy atom. The highest BCUT2D eigenvalue weighted by Gasteiger charge is 2.00. The van der Waals surface area contributed by atoms with Crippen LogP contribution in [-0.2, 0) is 6.54 Å². The van der Waals surface area contributed by atoms with Crippen molar-refractivity contribution in [2.45, 2.75) is 20.4 Å². The summed E-state index contributed by atoms with van der Waals surface area (Å²) in [6, 6.07) is 10.4. The SMILES string of the molecule is CC(C)CNCc1cccc2ncccc12. The maximum Gasteiger partial charge on any atom is 0.0705 e. The topological polar surface area (TPSA) is 24.9 Å². The van der Waals surface area contributed by atoms with Crippen molar-refractivity contribution in [1.82, 2.24) is 10.3 Å². The van der Waals surface area contributed by atoms with Gasteiger partial charge in [-0.3, -0.25) is 4.98 Å². The molecule has 2 aromatic rings. The molecule has 0 atom stereocenters. The number of nitrogens with one attached hydrogen (secondary N) is 1. The second kappa shape index (κ2) is 5.08. The molecule has 0 radical (unpaired) electrons. The molecule has 0 unspecified atom stereocenters. The molecule has 1 N–H and O–H groups in total. The molecule has 0 spiro atoms. The van der Waals surface area contributed by atoms with Gasteiger partial charge in [-0.2, -0.15) is 0 Å². The number of fused-ring (bicyclic) bond motifs is 1. The van der Waals surface area contributed by atoms with Crippen molar-refractivity contribution in [3.63, 3.8) is 0 Å². The molecule has 1 aromatic carbocycles. The van der Waals surface area contributed by atoms with Crippen molar-refractivity contribution >= 4 is 10.9 Å². The predicted octanol–water partition coefficient (Wildman–Crippen LogP) is 2.98. The smallest absolute Gasteiger partial charge is 0.0705 e. The van der Waals surface area contributed by atoms with Gasteiger partial charge in [0.1, 0.15) is 0 Å². The minimum Gasteiger partial charge on any atom is -0.312 e. The van der Waals surface area contributed by atoms with E-state index in [2.05, 4.69) is 48.4 Å². The van der Waals surface area contributed by atoms with Crippen molar-refractivity contribution in [2.75, 3.05) is 6.54 Å². The summed E-state index contributed by atoms with van der Waals surface area (Å²) in [7, 11) is 0. The van der Waals surface area contributed by atoms with Gasteiger partial charge in [0.05, 0.1) is 5.52 Å². The molecule has 0 aliphatic rings. The van der Waals surface area contributed by atoms with Crippen LogP contribution in [0.4, 0.5) is 0 Å². The van der Waals surface area contributed by atoms with Gasteiger partial charge in [-0.1, -0.05) is 32.0 Å². The van der Waals surface area contributed by atoms with Gasteiger partial charge in [0.2, 0.25) is 0 Å². The van der Waals surface area contributed by atoms with Crippen LogP contribution in [-0.4, -0.2) is 11.5 Å². The average Bonchev–Trinajstić information content (AvgIpc) is 2.29. The van der Waals surface area contributed by atoms with Gasteiger partial charge in [-0.15, -0.1) is 0 Å². The molecule has 0 bridgehead atoms. The van der Waals surface area contributed by atoms with Crippen molar-refractivity contribution in [3.05, 3.63) is 42.1 Å². The number of aromatic nitrogens is 1. The van der Waals surface area contributed by atoms with Gasteiger partial charge in [0.25, 0.3) is 0 Å². The maximum atomic E-state index is 4.36. The first-order valence-corrected chi connectivity index (χ1v) is 5.80. The van der Waals surface area contributed by atoms with Crippen molar-refractivity contribution < 1.29 is 0 Å². The van der Waals surface area contributed by atoms with Crippen LogP contribution in [0.15, 0.2) is 36.5 Å². The van der Waals surface area contributed by atoms with E-state index in [1.54, 1.807) is 0 Å². The largest absolute Gasteiger partial charge is 0.312 e. The summed E-state index contributed by atoms with van der Waals surface area (Å²) >= 11 is 0. The fourth-order valence-corrected chi connectivity index (χ4v) is 1.82. The molecule has 2 nitrogen and oxygen atoms in total. The molecule has 0 aliphatic heterocycles. The highest BCUT2D eigenvalue weighted by molar-refractivity contribution is 5.81. The zero-order valence-electron chi connectivity index (χ0n) is 9.90. The molecule has 0 amide bonds. The summed E-state index contributed by atoms with van der Waals surface area (Å²) in [5, 5.41) is 4.72. The zero-order chi connectivity index (χ0) is 11.4. The van der Waals surface area contributed by atoms with E-state index in [9.17, 15) is 0 Å². The normalized spacial score (nSPS) is 11.2. The molecule has 2 rings (SSSR count). The number of benzene rings is 1. The number of pyridine rings is 1. The first-order valence-electron chi connectivity index (χ1n) is 5.80. The molecule has 16 heavy (non-hydrogen) atoms. The summed E-state index contributed by atoms with van der Waals surface area (Å²) in [4.78, 5) is 4.36. The van der Waals surface area contributed by atoms with Crippen LogP contribution in [0, 0.1) is 5.92 Å². The number of nitrogens with zero attached hydrogens (tertiary/aromatic N) is 1. The quantitative estimate of drug-likeness (QED) is 0.846. The van der Waals surface area contributed by atoms with Gasteiger partial charge in [-0.05, 0) is 30.2 Å². The van der Waals surface area contributed by atoms with E-state index >= 15 is 0 Å². The molecule has 1 aromatic heterocycles. The van der Waals surface area contributed by atoms with Gasteiger partial charge in [0.15, 0.2) is 0 Å². The molecular formula is C14H18N2. The second-order valence-corrected chi connectivity index (χ2v) is 4.51. The Balaban J connectivity index is 2.17. The Morgan fingerprint density at radius 2 is 2.06 bits per heavy atom. The Morgan fingerprint density at radius 1 is 1.19 bits per heavy atom. The van der Waals surface area contributed by atoms with E-state index in [-0.39, 0.29) is 0 Å². The fraction of sp³-hybridized carbons (Fsp3) is 0.357. The molecule has 2 heteroatoms. The minimum atomic E-state index is 0.688. The first-order chi connectivity index (χ1) is 7.77. The van der Waals surface area contributed by atoms with Gasteiger partial charge in [-0.25, -0.2) is 0 Å². The Labute approximate surface area is 96.7 Å². The number of hydrogen-bond acceptors (Lipinski definition) is 2. The lowest BCUT2D eigenvalue weighted by atomic mass is 10.1. The van der Waals surface area contributed by atoms with E-state index in [0.717, 1.165) is 18.6 Å². The predicted molar refractivity (Wildman–Crippen MR) is 68.3 cm³/mol. The van der Waals surface area contributed by atoms with Crippen LogP contribution in [0.5, 0.6) is 0 Å². The van der Waals surface area contributed by atoms with Crippen LogP contribution < -0.4 is 5.32 Å².